The molecule has 1 atom stereocenters. The molecule has 2 rings (SSSR count). The van der Waals surface area contributed by atoms with Gasteiger partial charge in [0.25, 0.3) is 0 Å². The molecule has 1 aliphatic heterocycles. The molecule has 0 spiro atoms. The van der Waals surface area contributed by atoms with Crippen molar-refractivity contribution in [2.45, 2.75) is 12.5 Å². The van der Waals surface area contributed by atoms with E-state index in [0.717, 1.165) is 0 Å². The molecule has 1 unspecified atom stereocenters. The summed E-state index contributed by atoms with van der Waals surface area (Å²) < 4.78 is 5.92. The van der Waals surface area contributed by atoms with Gasteiger partial charge < -0.3 is 9.64 Å². The standard InChI is InChI=1S/C9H12N4O3/c1-12-4-3-7(8(12)14)13-5-6(10-11-13)9(15)16-2/h5,7H,3-4H2,1-2H3. The first-order valence-corrected chi connectivity index (χ1v) is 4.88. The molecular weight excluding hydrogens is 212 g/mol. The molecule has 0 N–H and O–H groups in total. The molecule has 86 valence electrons. The van der Waals surface area contributed by atoms with Crippen LogP contribution in [0.5, 0.6) is 0 Å². The van der Waals surface area contributed by atoms with Crippen LogP contribution in [0.15, 0.2) is 6.20 Å². The molecule has 1 fully saturated rings. The summed E-state index contributed by atoms with van der Waals surface area (Å²) in [5, 5.41) is 7.43. The second-order valence-electron chi connectivity index (χ2n) is 3.64. The Morgan fingerprint density at radius 3 is 2.94 bits per heavy atom. The number of hydrogen-bond acceptors (Lipinski definition) is 5. The first-order chi connectivity index (χ1) is 7.63. The highest BCUT2D eigenvalue weighted by Gasteiger charge is 2.31. The molecule has 7 heteroatoms. The Hall–Kier alpha value is -1.92. The molecule has 1 aromatic rings. The SMILES string of the molecule is COC(=O)c1cn(C2CCN(C)C2=O)nn1. The van der Waals surface area contributed by atoms with Gasteiger partial charge in [0.15, 0.2) is 5.69 Å². The number of carbonyl (C=O) groups excluding carboxylic acids is 2. The van der Waals surface area contributed by atoms with E-state index < -0.39 is 5.97 Å². The predicted molar refractivity (Wildman–Crippen MR) is 52.7 cm³/mol. The minimum Gasteiger partial charge on any atom is -0.464 e. The monoisotopic (exact) mass is 224 g/mol. The normalized spacial score (nSPS) is 20.2. The molecule has 1 amide bonds. The third-order valence-corrected chi connectivity index (χ3v) is 2.62. The van der Waals surface area contributed by atoms with Crippen molar-refractivity contribution in [2.24, 2.45) is 0 Å². The average Bonchev–Trinajstić information content (AvgIpc) is 2.87. The summed E-state index contributed by atoms with van der Waals surface area (Å²) in [4.78, 5) is 24.5. The second-order valence-corrected chi connectivity index (χ2v) is 3.64. The summed E-state index contributed by atoms with van der Waals surface area (Å²) in [6, 6.07) is -0.351. The van der Waals surface area contributed by atoms with Gasteiger partial charge in [-0.15, -0.1) is 5.10 Å². The number of aromatic nitrogens is 3. The quantitative estimate of drug-likeness (QED) is 0.631. The van der Waals surface area contributed by atoms with E-state index >= 15 is 0 Å². The first kappa shape index (κ1) is 10.6. The van der Waals surface area contributed by atoms with E-state index in [9.17, 15) is 9.59 Å². The van der Waals surface area contributed by atoms with Crippen LogP contribution in [0.1, 0.15) is 23.0 Å². The summed E-state index contributed by atoms with van der Waals surface area (Å²) in [6.45, 7) is 0.691. The Kier molecular flexibility index (Phi) is 2.59. The molecule has 2 heterocycles. The molecule has 0 radical (unpaired) electrons. The van der Waals surface area contributed by atoms with Crippen molar-refractivity contribution >= 4 is 11.9 Å². The number of hydrogen-bond donors (Lipinski definition) is 0. The van der Waals surface area contributed by atoms with Crippen LogP contribution in [0.4, 0.5) is 0 Å². The smallest absolute Gasteiger partial charge is 0.360 e. The maximum absolute atomic E-state index is 11.7. The highest BCUT2D eigenvalue weighted by Crippen LogP contribution is 2.20. The van der Waals surface area contributed by atoms with E-state index in [2.05, 4.69) is 15.0 Å². The van der Waals surface area contributed by atoms with Gasteiger partial charge in [-0.3, -0.25) is 4.79 Å². The Morgan fingerprint density at radius 2 is 2.38 bits per heavy atom. The largest absolute Gasteiger partial charge is 0.464 e. The summed E-state index contributed by atoms with van der Waals surface area (Å²) in [7, 11) is 3.01. The molecule has 7 nitrogen and oxygen atoms in total. The van der Waals surface area contributed by atoms with E-state index in [4.69, 9.17) is 0 Å². The third kappa shape index (κ3) is 1.64. The first-order valence-electron chi connectivity index (χ1n) is 4.88. The van der Waals surface area contributed by atoms with E-state index in [0.29, 0.717) is 13.0 Å². The van der Waals surface area contributed by atoms with E-state index in [1.165, 1.54) is 18.0 Å². The summed E-state index contributed by atoms with van der Waals surface area (Å²) in [5.41, 5.74) is 0.116. The van der Waals surface area contributed by atoms with Crippen molar-refractivity contribution in [3.63, 3.8) is 0 Å². The van der Waals surface area contributed by atoms with Crippen LogP contribution in [-0.4, -0.2) is 52.5 Å². The minimum atomic E-state index is -0.551. The second kappa shape index (κ2) is 3.92. The van der Waals surface area contributed by atoms with Gasteiger partial charge in [-0.1, -0.05) is 5.21 Å². The van der Waals surface area contributed by atoms with Crippen LogP contribution in [-0.2, 0) is 9.53 Å². The Morgan fingerprint density at radius 1 is 1.62 bits per heavy atom. The average molecular weight is 224 g/mol. The zero-order valence-corrected chi connectivity index (χ0v) is 9.08. The minimum absolute atomic E-state index is 0.0127. The lowest BCUT2D eigenvalue weighted by atomic mass is 10.2. The van der Waals surface area contributed by atoms with Crippen LogP contribution >= 0.6 is 0 Å². The maximum Gasteiger partial charge on any atom is 0.360 e. The fourth-order valence-corrected chi connectivity index (χ4v) is 1.68. The molecule has 0 bridgehead atoms. The lowest BCUT2D eigenvalue weighted by molar-refractivity contribution is -0.129. The highest BCUT2D eigenvalue weighted by molar-refractivity contribution is 5.87. The lowest BCUT2D eigenvalue weighted by Gasteiger charge is -2.09. The van der Waals surface area contributed by atoms with Crippen LogP contribution in [0, 0.1) is 0 Å². The molecule has 1 saturated heterocycles. The van der Waals surface area contributed by atoms with Crippen molar-refractivity contribution in [3.05, 3.63) is 11.9 Å². The van der Waals surface area contributed by atoms with Gasteiger partial charge in [0, 0.05) is 13.6 Å². The van der Waals surface area contributed by atoms with Crippen LogP contribution in [0.25, 0.3) is 0 Å². The number of ether oxygens (including phenoxy) is 1. The zero-order valence-electron chi connectivity index (χ0n) is 9.08. The third-order valence-electron chi connectivity index (χ3n) is 2.62. The van der Waals surface area contributed by atoms with E-state index in [-0.39, 0.29) is 17.6 Å². The number of carbonyl (C=O) groups is 2. The van der Waals surface area contributed by atoms with E-state index in [1.54, 1.807) is 11.9 Å². The van der Waals surface area contributed by atoms with Gasteiger partial charge in [-0.2, -0.15) is 0 Å². The van der Waals surface area contributed by atoms with Crippen molar-refractivity contribution in [3.8, 4) is 0 Å². The molecule has 1 aliphatic rings. The summed E-state index contributed by atoms with van der Waals surface area (Å²) >= 11 is 0. The Balaban J connectivity index is 2.19. The van der Waals surface area contributed by atoms with Crippen LogP contribution < -0.4 is 0 Å². The van der Waals surface area contributed by atoms with E-state index in [1.807, 2.05) is 0 Å². The summed E-state index contributed by atoms with van der Waals surface area (Å²) in [5.74, 6) is -0.564. The number of amides is 1. The Labute approximate surface area is 92.0 Å². The van der Waals surface area contributed by atoms with Gasteiger partial charge in [-0.25, -0.2) is 9.48 Å². The topological polar surface area (TPSA) is 77.3 Å². The molecule has 1 aromatic heterocycles. The maximum atomic E-state index is 11.7. The van der Waals surface area contributed by atoms with Crippen molar-refractivity contribution in [1.82, 2.24) is 19.9 Å². The number of likely N-dealkylation sites (N-methyl/N-ethyl adjacent to an activating group) is 1. The number of esters is 1. The number of nitrogens with zero attached hydrogens (tertiary/aromatic N) is 4. The van der Waals surface area contributed by atoms with Crippen molar-refractivity contribution in [2.75, 3.05) is 20.7 Å². The number of methoxy groups -OCH3 is 1. The lowest BCUT2D eigenvalue weighted by Crippen LogP contribution is -2.24. The van der Waals surface area contributed by atoms with Gasteiger partial charge >= 0.3 is 5.97 Å². The molecular formula is C9H12N4O3. The van der Waals surface area contributed by atoms with Gasteiger partial charge in [0.1, 0.15) is 6.04 Å². The predicted octanol–water partition coefficient (Wildman–Crippen LogP) is -0.532. The number of rotatable bonds is 2. The molecule has 0 saturated carbocycles. The molecule has 16 heavy (non-hydrogen) atoms. The fourth-order valence-electron chi connectivity index (χ4n) is 1.68. The highest BCUT2D eigenvalue weighted by atomic mass is 16.5. The number of likely N-dealkylation sites (tertiary alicyclic amines) is 1. The summed E-state index contributed by atoms with van der Waals surface area (Å²) in [6.07, 6.45) is 2.12. The molecule has 0 aliphatic carbocycles. The molecule has 0 aromatic carbocycles. The van der Waals surface area contributed by atoms with Crippen LogP contribution in [0.2, 0.25) is 0 Å². The Bertz CT molecular complexity index is 428. The van der Waals surface area contributed by atoms with Crippen LogP contribution in [0.3, 0.4) is 0 Å². The zero-order chi connectivity index (χ0) is 11.7. The van der Waals surface area contributed by atoms with Gasteiger partial charge in [0.2, 0.25) is 5.91 Å². The van der Waals surface area contributed by atoms with Gasteiger partial charge in [-0.05, 0) is 6.42 Å². The fraction of sp³-hybridized carbons (Fsp3) is 0.556. The van der Waals surface area contributed by atoms with Crippen molar-refractivity contribution in [1.29, 1.82) is 0 Å². The van der Waals surface area contributed by atoms with Gasteiger partial charge in [0.05, 0.1) is 13.3 Å². The van der Waals surface area contributed by atoms with Crippen molar-refractivity contribution < 1.29 is 14.3 Å².